The summed E-state index contributed by atoms with van der Waals surface area (Å²) in [5.74, 6) is -0.771. The SMILES string of the molecule is Nc1cc(-c2ccccc2)ccc1C(=O)NCC(=O)OC1CCCCC1. The van der Waals surface area contributed by atoms with Crippen molar-refractivity contribution in [2.45, 2.75) is 38.2 Å². The van der Waals surface area contributed by atoms with Crippen LogP contribution in [0.4, 0.5) is 5.69 Å². The van der Waals surface area contributed by atoms with Crippen LogP contribution in [-0.2, 0) is 9.53 Å². The molecule has 136 valence electrons. The Morgan fingerprint density at radius 3 is 2.42 bits per heavy atom. The molecule has 0 spiro atoms. The van der Waals surface area contributed by atoms with E-state index in [4.69, 9.17) is 10.5 Å². The molecule has 0 saturated heterocycles. The number of esters is 1. The molecule has 1 aliphatic rings. The Morgan fingerprint density at radius 1 is 1.00 bits per heavy atom. The summed E-state index contributed by atoms with van der Waals surface area (Å²) in [5.41, 5.74) is 8.75. The summed E-state index contributed by atoms with van der Waals surface area (Å²) in [5, 5.41) is 2.59. The van der Waals surface area contributed by atoms with Gasteiger partial charge in [-0.05, 0) is 48.9 Å². The Balaban J connectivity index is 1.56. The number of amides is 1. The molecule has 0 aliphatic heterocycles. The summed E-state index contributed by atoms with van der Waals surface area (Å²) in [6.45, 7) is -0.144. The van der Waals surface area contributed by atoms with Gasteiger partial charge in [-0.2, -0.15) is 0 Å². The maximum atomic E-state index is 12.3. The number of hydrogen-bond donors (Lipinski definition) is 2. The first-order chi connectivity index (χ1) is 12.6. The molecular formula is C21H24N2O3. The fourth-order valence-corrected chi connectivity index (χ4v) is 3.24. The number of anilines is 1. The second kappa shape index (κ2) is 8.52. The van der Waals surface area contributed by atoms with Gasteiger partial charge in [0.05, 0.1) is 5.56 Å². The minimum atomic E-state index is -0.398. The van der Waals surface area contributed by atoms with Crippen molar-refractivity contribution in [3.63, 3.8) is 0 Å². The van der Waals surface area contributed by atoms with Crippen LogP contribution in [0, 0.1) is 0 Å². The van der Waals surface area contributed by atoms with Gasteiger partial charge in [0.2, 0.25) is 0 Å². The highest BCUT2D eigenvalue weighted by Crippen LogP contribution is 2.24. The van der Waals surface area contributed by atoms with E-state index in [0.717, 1.165) is 36.8 Å². The molecule has 3 rings (SSSR count). The standard InChI is InChI=1S/C21H24N2O3/c22-19-13-16(15-7-3-1-4-8-15)11-12-18(19)21(25)23-14-20(24)26-17-9-5-2-6-10-17/h1,3-4,7-8,11-13,17H,2,5-6,9-10,14,22H2,(H,23,25). The normalized spacial score (nSPS) is 14.6. The molecule has 2 aromatic rings. The Bertz CT molecular complexity index is 768. The summed E-state index contributed by atoms with van der Waals surface area (Å²) in [4.78, 5) is 24.2. The number of ether oxygens (including phenoxy) is 1. The molecule has 0 aromatic heterocycles. The van der Waals surface area contributed by atoms with Crippen LogP contribution in [0.2, 0.25) is 0 Å². The molecule has 0 unspecified atom stereocenters. The van der Waals surface area contributed by atoms with Gasteiger partial charge >= 0.3 is 5.97 Å². The first-order valence-corrected chi connectivity index (χ1v) is 9.06. The van der Waals surface area contributed by atoms with Gasteiger partial charge in [-0.3, -0.25) is 9.59 Å². The molecule has 2 aromatic carbocycles. The van der Waals surface area contributed by atoms with Crippen molar-refractivity contribution in [1.29, 1.82) is 0 Å². The smallest absolute Gasteiger partial charge is 0.325 e. The molecule has 0 heterocycles. The second-order valence-corrected chi connectivity index (χ2v) is 6.60. The maximum Gasteiger partial charge on any atom is 0.325 e. The monoisotopic (exact) mass is 352 g/mol. The molecule has 0 atom stereocenters. The zero-order chi connectivity index (χ0) is 18.4. The third-order valence-electron chi connectivity index (χ3n) is 4.65. The van der Waals surface area contributed by atoms with E-state index in [2.05, 4.69) is 5.32 Å². The van der Waals surface area contributed by atoms with Crippen molar-refractivity contribution >= 4 is 17.6 Å². The molecule has 0 radical (unpaired) electrons. The van der Waals surface area contributed by atoms with Gasteiger partial charge in [0, 0.05) is 5.69 Å². The highest BCUT2D eigenvalue weighted by Gasteiger charge is 2.18. The molecule has 5 nitrogen and oxygen atoms in total. The minimum Gasteiger partial charge on any atom is -0.461 e. The number of nitrogens with two attached hydrogens (primary N) is 1. The highest BCUT2D eigenvalue weighted by atomic mass is 16.5. The fourth-order valence-electron chi connectivity index (χ4n) is 3.24. The predicted octanol–water partition coefficient (Wildman–Crippen LogP) is 3.54. The summed E-state index contributed by atoms with van der Waals surface area (Å²) in [7, 11) is 0. The number of benzene rings is 2. The average molecular weight is 352 g/mol. The predicted molar refractivity (Wildman–Crippen MR) is 102 cm³/mol. The van der Waals surface area contributed by atoms with E-state index in [1.807, 2.05) is 36.4 Å². The van der Waals surface area contributed by atoms with Crippen LogP contribution in [0.15, 0.2) is 48.5 Å². The van der Waals surface area contributed by atoms with Crippen molar-refractivity contribution in [3.8, 4) is 11.1 Å². The van der Waals surface area contributed by atoms with E-state index in [-0.39, 0.29) is 18.6 Å². The Labute approximate surface area is 153 Å². The van der Waals surface area contributed by atoms with Gasteiger partial charge in [0.25, 0.3) is 5.91 Å². The Hall–Kier alpha value is -2.82. The summed E-state index contributed by atoms with van der Waals surface area (Å²) in [6, 6.07) is 15.1. The van der Waals surface area contributed by atoms with Crippen LogP contribution < -0.4 is 11.1 Å². The number of carbonyl (C=O) groups is 2. The zero-order valence-corrected chi connectivity index (χ0v) is 14.7. The van der Waals surface area contributed by atoms with E-state index in [1.165, 1.54) is 6.42 Å². The van der Waals surface area contributed by atoms with Gasteiger partial charge in [0.15, 0.2) is 0 Å². The molecule has 1 saturated carbocycles. The summed E-state index contributed by atoms with van der Waals surface area (Å²) >= 11 is 0. The largest absolute Gasteiger partial charge is 0.461 e. The number of nitrogen functional groups attached to an aromatic ring is 1. The van der Waals surface area contributed by atoms with Gasteiger partial charge < -0.3 is 15.8 Å². The zero-order valence-electron chi connectivity index (χ0n) is 14.7. The van der Waals surface area contributed by atoms with E-state index in [1.54, 1.807) is 12.1 Å². The molecule has 26 heavy (non-hydrogen) atoms. The van der Waals surface area contributed by atoms with Gasteiger partial charge in [-0.1, -0.05) is 42.8 Å². The summed E-state index contributed by atoms with van der Waals surface area (Å²) in [6.07, 6.45) is 5.19. The molecular weight excluding hydrogens is 328 g/mol. The lowest BCUT2D eigenvalue weighted by atomic mass is 9.98. The van der Waals surface area contributed by atoms with Crippen LogP contribution in [0.1, 0.15) is 42.5 Å². The lowest BCUT2D eigenvalue weighted by Crippen LogP contribution is -2.33. The number of hydrogen-bond acceptors (Lipinski definition) is 4. The molecule has 3 N–H and O–H groups in total. The third kappa shape index (κ3) is 4.63. The van der Waals surface area contributed by atoms with E-state index < -0.39 is 5.97 Å². The molecule has 1 aliphatic carbocycles. The van der Waals surface area contributed by atoms with Crippen molar-refractivity contribution in [3.05, 3.63) is 54.1 Å². The van der Waals surface area contributed by atoms with Crippen molar-refractivity contribution in [1.82, 2.24) is 5.32 Å². The average Bonchev–Trinajstić information content (AvgIpc) is 2.67. The maximum absolute atomic E-state index is 12.3. The van der Waals surface area contributed by atoms with Gasteiger partial charge in [-0.25, -0.2) is 0 Å². The third-order valence-corrected chi connectivity index (χ3v) is 4.65. The lowest BCUT2D eigenvalue weighted by molar-refractivity contribution is -0.149. The van der Waals surface area contributed by atoms with Crippen molar-refractivity contribution in [2.75, 3.05) is 12.3 Å². The lowest BCUT2D eigenvalue weighted by Gasteiger charge is -2.21. The topological polar surface area (TPSA) is 81.4 Å². The molecule has 1 amide bonds. The number of rotatable bonds is 5. The van der Waals surface area contributed by atoms with Gasteiger partial charge in [-0.15, -0.1) is 0 Å². The van der Waals surface area contributed by atoms with E-state index >= 15 is 0 Å². The van der Waals surface area contributed by atoms with Crippen LogP contribution in [0.25, 0.3) is 11.1 Å². The number of carbonyl (C=O) groups excluding carboxylic acids is 2. The first-order valence-electron chi connectivity index (χ1n) is 9.06. The van der Waals surface area contributed by atoms with Gasteiger partial charge in [0.1, 0.15) is 12.6 Å². The fraction of sp³-hybridized carbons (Fsp3) is 0.333. The van der Waals surface area contributed by atoms with Crippen LogP contribution in [0.3, 0.4) is 0 Å². The second-order valence-electron chi connectivity index (χ2n) is 6.60. The van der Waals surface area contributed by atoms with E-state index in [9.17, 15) is 9.59 Å². The molecule has 1 fully saturated rings. The van der Waals surface area contributed by atoms with Crippen molar-refractivity contribution < 1.29 is 14.3 Å². The quantitative estimate of drug-likeness (QED) is 0.637. The summed E-state index contributed by atoms with van der Waals surface area (Å²) < 4.78 is 5.40. The highest BCUT2D eigenvalue weighted by molar-refractivity contribution is 6.01. The first kappa shape index (κ1) is 18.0. The Kier molecular flexibility index (Phi) is 5.89. The van der Waals surface area contributed by atoms with Crippen LogP contribution in [0.5, 0.6) is 0 Å². The minimum absolute atomic E-state index is 0.0108. The molecule has 5 heteroatoms. The van der Waals surface area contributed by atoms with Crippen LogP contribution >= 0.6 is 0 Å². The van der Waals surface area contributed by atoms with Crippen molar-refractivity contribution in [2.24, 2.45) is 0 Å². The Morgan fingerprint density at radius 2 is 1.73 bits per heavy atom. The van der Waals surface area contributed by atoms with E-state index in [0.29, 0.717) is 11.3 Å². The number of nitrogens with one attached hydrogen (secondary N) is 1. The van der Waals surface area contributed by atoms with Crippen LogP contribution in [-0.4, -0.2) is 24.5 Å². The molecule has 0 bridgehead atoms.